The molecule has 0 aliphatic heterocycles. The van der Waals surface area contributed by atoms with Gasteiger partial charge in [0.2, 0.25) is 0 Å². The van der Waals surface area contributed by atoms with Crippen LogP contribution in [0.1, 0.15) is 129 Å². The molecular weight excluding hydrogens is 338 g/mol. The standard InChI is InChI=1S/C27H53N/c1-5-7-9-10-11-12-13-14-15-16-17-18-19-20-21-22-24-26-27(28(3)4)25-23-8-6-2/h11-12,14-15,27H,5-10,13,16-26H2,1-4H3/b12-11+,15-14+. The van der Waals surface area contributed by atoms with Crippen molar-refractivity contribution in [2.24, 2.45) is 0 Å². The van der Waals surface area contributed by atoms with Crippen LogP contribution in [0.5, 0.6) is 0 Å². The average molecular weight is 392 g/mol. The Hall–Kier alpha value is -0.560. The lowest BCUT2D eigenvalue weighted by molar-refractivity contribution is 0.252. The molecule has 28 heavy (non-hydrogen) atoms. The maximum Gasteiger partial charge on any atom is 0.00891 e. The molecule has 1 heteroatoms. The van der Waals surface area contributed by atoms with Gasteiger partial charge in [-0.05, 0) is 59.0 Å². The molecule has 166 valence electrons. The van der Waals surface area contributed by atoms with Crippen LogP contribution in [0.15, 0.2) is 24.3 Å². The maximum atomic E-state index is 2.45. The summed E-state index contributed by atoms with van der Waals surface area (Å²) in [7, 11) is 4.52. The second-order valence-corrected chi connectivity index (χ2v) is 8.84. The van der Waals surface area contributed by atoms with Gasteiger partial charge in [0.25, 0.3) is 0 Å². The second kappa shape index (κ2) is 22.7. The molecule has 0 amide bonds. The van der Waals surface area contributed by atoms with E-state index in [0.717, 1.165) is 12.5 Å². The third-order valence-corrected chi connectivity index (χ3v) is 5.86. The smallest absolute Gasteiger partial charge is 0.00891 e. The lowest BCUT2D eigenvalue weighted by Gasteiger charge is -2.24. The molecule has 0 bridgehead atoms. The van der Waals surface area contributed by atoms with Gasteiger partial charge in [0.05, 0.1) is 0 Å². The van der Waals surface area contributed by atoms with Crippen LogP contribution < -0.4 is 0 Å². The minimum atomic E-state index is 0.810. The minimum absolute atomic E-state index is 0.810. The molecule has 0 fully saturated rings. The summed E-state index contributed by atoms with van der Waals surface area (Å²) in [5, 5.41) is 0. The van der Waals surface area contributed by atoms with Crippen molar-refractivity contribution in [3.8, 4) is 0 Å². The van der Waals surface area contributed by atoms with E-state index in [1.54, 1.807) is 0 Å². The first-order valence-electron chi connectivity index (χ1n) is 12.7. The summed E-state index contributed by atoms with van der Waals surface area (Å²) in [4.78, 5) is 2.45. The monoisotopic (exact) mass is 391 g/mol. The minimum Gasteiger partial charge on any atom is -0.306 e. The van der Waals surface area contributed by atoms with Crippen molar-refractivity contribution >= 4 is 0 Å². The third kappa shape index (κ3) is 20.2. The molecule has 0 rings (SSSR count). The Kier molecular flexibility index (Phi) is 22.3. The van der Waals surface area contributed by atoms with E-state index in [1.165, 1.54) is 109 Å². The van der Waals surface area contributed by atoms with Crippen LogP contribution in [0.25, 0.3) is 0 Å². The molecule has 0 aliphatic rings. The fourth-order valence-electron chi connectivity index (χ4n) is 3.84. The van der Waals surface area contributed by atoms with E-state index >= 15 is 0 Å². The van der Waals surface area contributed by atoms with Crippen molar-refractivity contribution in [1.29, 1.82) is 0 Å². The second-order valence-electron chi connectivity index (χ2n) is 8.84. The zero-order chi connectivity index (χ0) is 20.7. The first-order chi connectivity index (χ1) is 13.7. The van der Waals surface area contributed by atoms with Crippen LogP contribution in [-0.2, 0) is 0 Å². The predicted octanol–water partition coefficient (Wildman–Crippen LogP) is 9.09. The van der Waals surface area contributed by atoms with Crippen molar-refractivity contribution < 1.29 is 0 Å². The Morgan fingerprint density at radius 3 is 1.50 bits per heavy atom. The Balaban J connectivity index is 3.39. The molecule has 0 aromatic carbocycles. The molecule has 0 heterocycles. The molecule has 0 spiro atoms. The largest absolute Gasteiger partial charge is 0.306 e. The Morgan fingerprint density at radius 1 is 0.536 bits per heavy atom. The summed E-state index contributed by atoms with van der Waals surface area (Å²) in [6, 6.07) is 0.810. The molecule has 0 aromatic rings. The molecular formula is C27H53N. The van der Waals surface area contributed by atoms with Gasteiger partial charge < -0.3 is 4.90 Å². The Labute approximate surface area is 179 Å². The highest BCUT2D eigenvalue weighted by molar-refractivity contribution is 4.92. The fourth-order valence-corrected chi connectivity index (χ4v) is 3.84. The summed E-state index contributed by atoms with van der Waals surface area (Å²) in [5.41, 5.74) is 0. The summed E-state index contributed by atoms with van der Waals surface area (Å²) in [6.07, 6.45) is 34.0. The SMILES string of the molecule is CCCCC/C=C/C/C=C/CCCCCCCCCC(CCCCC)N(C)C. The van der Waals surface area contributed by atoms with E-state index in [-0.39, 0.29) is 0 Å². The highest BCUT2D eigenvalue weighted by Crippen LogP contribution is 2.16. The zero-order valence-electron chi connectivity index (χ0n) is 20.1. The predicted molar refractivity (Wildman–Crippen MR) is 130 cm³/mol. The molecule has 0 aliphatic carbocycles. The topological polar surface area (TPSA) is 3.24 Å². The lowest BCUT2D eigenvalue weighted by atomic mass is 10.00. The van der Waals surface area contributed by atoms with Crippen LogP contribution in [0, 0.1) is 0 Å². The van der Waals surface area contributed by atoms with E-state index in [0.29, 0.717) is 0 Å². The summed E-state index contributed by atoms with van der Waals surface area (Å²) >= 11 is 0. The Bertz CT molecular complexity index is 342. The van der Waals surface area contributed by atoms with E-state index in [1.807, 2.05) is 0 Å². The maximum absolute atomic E-state index is 2.45. The van der Waals surface area contributed by atoms with Crippen molar-refractivity contribution in [2.45, 2.75) is 135 Å². The van der Waals surface area contributed by atoms with Gasteiger partial charge in [0.1, 0.15) is 0 Å². The van der Waals surface area contributed by atoms with Crippen molar-refractivity contribution in [1.82, 2.24) is 4.90 Å². The van der Waals surface area contributed by atoms with E-state index < -0.39 is 0 Å². The zero-order valence-corrected chi connectivity index (χ0v) is 20.1. The first-order valence-corrected chi connectivity index (χ1v) is 12.7. The van der Waals surface area contributed by atoms with Crippen LogP contribution in [0.3, 0.4) is 0 Å². The Morgan fingerprint density at radius 2 is 0.964 bits per heavy atom. The van der Waals surface area contributed by atoms with Crippen LogP contribution in [0.4, 0.5) is 0 Å². The number of allylic oxidation sites excluding steroid dienone is 4. The van der Waals surface area contributed by atoms with Gasteiger partial charge in [0.15, 0.2) is 0 Å². The number of nitrogens with zero attached hydrogens (tertiary/aromatic N) is 1. The summed E-state index contributed by atoms with van der Waals surface area (Å²) < 4.78 is 0. The average Bonchev–Trinajstić information content (AvgIpc) is 2.68. The van der Waals surface area contributed by atoms with Gasteiger partial charge in [0, 0.05) is 6.04 Å². The lowest BCUT2D eigenvalue weighted by Crippen LogP contribution is -2.27. The molecule has 0 saturated heterocycles. The number of rotatable bonds is 21. The van der Waals surface area contributed by atoms with Gasteiger partial charge in [-0.3, -0.25) is 0 Å². The quantitative estimate of drug-likeness (QED) is 0.139. The fraction of sp³-hybridized carbons (Fsp3) is 0.852. The molecule has 1 atom stereocenters. The van der Waals surface area contributed by atoms with E-state index in [9.17, 15) is 0 Å². The van der Waals surface area contributed by atoms with Gasteiger partial charge in [-0.15, -0.1) is 0 Å². The van der Waals surface area contributed by atoms with Gasteiger partial charge in [-0.1, -0.05) is 109 Å². The molecule has 0 saturated carbocycles. The first kappa shape index (κ1) is 27.4. The molecule has 0 radical (unpaired) electrons. The van der Waals surface area contributed by atoms with E-state index in [2.05, 4.69) is 57.1 Å². The number of hydrogen-bond acceptors (Lipinski definition) is 1. The van der Waals surface area contributed by atoms with Crippen molar-refractivity contribution in [3.05, 3.63) is 24.3 Å². The summed E-state index contributed by atoms with van der Waals surface area (Å²) in [5.74, 6) is 0. The highest BCUT2D eigenvalue weighted by Gasteiger charge is 2.10. The molecule has 0 aromatic heterocycles. The van der Waals surface area contributed by atoms with Crippen molar-refractivity contribution in [2.75, 3.05) is 14.1 Å². The van der Waals surface area contributed by atoms with Gasteiger partial charge >= 0.3 is 0 Å². The molecule has 1 nitrogen and oxygen atoms in total. The van der Waals surface area contributed by atoms with Crippen LogP contribution in [-0.4, -0.2) is 25.0 Å². The number of hydrogen-bond donors (Lipinski definition) is 0. The third-order valence-electron chi connectivity index (χ3n) is 5.86. The van der Waals surface area contributed by atoms with Crippen molar-refractivity contribution in [3.63, 3.8) is 0 Å². The van der Waals surface area contributed by atoms with Crippen LogP contribution >= 0.6 is 0 Å². The number of unbranched alkanes of at least 4 members (excludes halogenated alkanes) is 12. The van der Waals surface area contributed by atoms with E-state index in [4.69, 9.17) is 0 Å². The van der Waals surface area contributed by atoms with Gasteiger partial charge in [-0.25, -0.2) is 0 Å². The normalized spacial score (nSPS) is 13.3. The summed E-state index contributed by atoms with van der Waals surface area (Å²) in [6.45, 7) is 4.57. The van der Waals surface area contributed by atoms with Gasteiger partial charge in [-0.2, -0.15) is 0 Å². The highest BCUT2D eigenvalue weighted by atomic mass is 15.1. The molecule has 1 unspecified atom stereocenters. The van der Waals surface area contributed by atoms with Crippen LogP contribution in [0.2, 0.25) is 0 Å². The molecule has 0 N–H and O–H groups in total.